The van der Waals surface area contributed by atoms with Crippen molar-refractivity contribution in [3.05, 3.63) is 42.2 Å². The number of rotatable bonds is 3. The Labute approximate surface area is 156 Å². The zero-order valence-electron chi connectivity index (χ0n) is 15.5. The monoisotopic (exact) mass is 372 g/mol. The molecule has 4 heterocycles. The van der Waals surface area contributed by atoms with Crippen LogP contribution in [0, 0.1) is 5.82 Å². The quantitative estimate of drug-likeness (QED) is 0.740. The Hall–Kier alpha value is -2.61. The van der Waals surface area contributed by atoms with E-state index in [0.717, 1.165) is 5.69 Å². The highest BCUT2D eigenvalue weighted by Crippen LogP contribution is 2.25. The van der Waals surface area contributed by atoms with Crippen molar-refractivity contribution in [1.82, 2.24) is 24.7 Å². The summed E-state index contributed by atoms with van der Waals surface area (Å²) in [6.07, 6.45) is 4.20. The Kier molecular flexibility index (Phi) is 4.30. The molecule has 0 radical (unpaired) electrons. The van der Waals surface area contributed by atoms with Crippen molar-refractivity contribution in [2.45, 2.75) is 38.4 Å². The summed E-state index contributed by atoms with van der Waals surface area (Å²) >= 11 is 0. The number of aromatic nitrogens is 4. The standard InChI is InChI=1S/C19H22F2N6/c1-19(2,3)16-10-27-15(8-24-18(27)9-23-16)13-4-11(20)5-17(25-13)26-14-7-22-6-12(14)21/h4-5,8-10,12,14,22H,6-7H2,1-3H3,(H,25,26). The average molecular weight is 372 g/mol. The molecule has 1 aliphatic heterocycles. The van der Waals surface area contributed by atoms with Gasteiger partial charge in [-0.3, -0.25) is 9.38 Å². The van der Waals surface area contributed by atoms with Crippen molar-refractivity contribution in [2.75, 3.05) is 18.4 Å². The van der Waals surface area contributed by atoms with E-state index in [-0.39, 0.29) is 12.0 Å². The normalized spacial score (nSPS) is 20.3. The summed E-state index contributed by atoms with van der Waals surface area (Å²) in [6.45, 7) is 6.98. The van der Waals surface area contributed by atoms with E-state index in [1.807, 2.05) is 10.6 Å². The third-order valence-electron chi connectivity index (χ3n) is 4.69. The maximum absolute atomic E-state index is 14.2. The third kappa shape index (κ3) is 3.49. The van der Waals surface area contributed by atoms with Crippen LogP contribution in [-0.4, -0.2) is 44.7 Å². The van der Waals surface area contributed by atoms with E-state index < -0.39 is 18.0 Å². The molecule has 2 unspecified atom stereocenters. The lowest BCUT2D eigenvalue weighted by Crippen LogP contribution is -2.29. The summed E-state index contributed by atoms with van der Waals surface area (Å²) in [7, 11) is 0. The molecule has 1 fully saturated rings. The number of anilines is 1. The number of alkyl halides is 1. The number of nitrogens with zero attached hydrogens (tertiary/aromatic N) is 4. The molecule has 0 amide bonds. The lowest BCUT2D eigenvalue weighted by atomic mass is 9.93. The van der Waals surface area contributed by atoms with Crippen molar-refractivity contribution in [2.24, 2.45) is 0 Å². The van der Waals surface area contributed by atoms with Gasteiger partial charge in [0, 0.05) is 36.8 Å². The maximum atomic E-state index is 14.2. The largest absolute Gasteiger partial charge is 0.363 e. The number of imidazole rings is 1. The smallest absolute Gasteiger partial charge is 0.155 e. The van der Waals surface area contributed by atoms with Gasteiger partial charge in [0.25, 0.3) is 0 Å². The first-order chi connectivity index (χ1) is 12.8. The van der Waals surface area contributed by atoms with Crippen LogP contribution in [0.4, 0.5) is 14.6 Å². The predicted molar refractivity (Wildman–Crippen MR) is 100 cm³/mol. The van der Waals surface area contributed by atoms with Gasteiger partial charge in [-0.2, -0.15) is 0 Å². The Bertz CT molecular complexity index is 978. The van der Waals surface area contributed by atoms with Crippen LogP contribution in [0.25, 0.3) is 17.0 Å². The molecular weight excluding hydrogens is 350 g/mol. The van der Waals surface area contributed by atoms with E-state index in [4.69, 9.17) is 0 Å². The minimum atomic E-state index is -1.03. The average Bonchev–Trinajstić information content (AvgIpc) is 3.19. The molecule has 3 aromatic rings. The Morgan fingerprint density at radius 2 is 2.00 bits per heavy atom. The molecule has 0 bridgehead atoms. The fourth-order valence-electron chi connectivity index (χ4n) is 3.15. The van der Waals surface area contributed by atoms with Gasteiger partial charge in [0.2, 0.25) is 0 Å². The molecule has 6 nitrogen and oxygen atoms in total. The minimum Gasteiger partial charge on any atom is -0.363 e. The molecule has 0 aliphatic carbocycles. The first kappa shape index (κ1) is 17.8. The van der Waals surface area contributed by atoms with Crippen molar-refractivity contribution in [3.8, 4) is 11.4 Å². The van der Waals surface area contributed by atoms with Crippen LogP contribution in [0.5, 0.6) is 0 Å². The van der Waals surface area contributed by atoms with Crippen LogP contribution in [0.3, 0.4) is 0 Å². The molecule has 8 heteroatoms. The summed E-state index contributed by atoms with van der Waals surface area (Å²) in [5.41, 5.74) is 2.49. The summed E-state index contributed by atoms with van der Waals surface area (Å²) in [4.78, 5) is 13.3. The molecule has 0 spiro atoms. The van der Waals surface area contributed by atoms with Crippen LogP contribution in [0.2, 0.25) is 0 Å². The molecule has 3 aromatic heterocycles. The topological polar surface area (TPSA) is 67.1 Å². The second kappa shape index (κ2) is 6.53. The maximum Gasteiger partial charge on any atom is 0.155 e. The number of pyridine rings is 1. The van der Waals surface area contributed by atoms with Gasteiger partial charge in [0.15, 0.2) is 5.65 Å². The van der Waals surface area contributed by atoms with Crippen molar-refractivity contribution in [3.63, 3.8) is 0 Å². The molecule has 142 valence electrons. The Morgan fingerprint density at radius 1 is 1.19 bits per heavy atom. The van der Waals surface area contributed by atoms with Gasteiger partial charge < -0.3 is 10.6 Å². The van der Waals surface area contributed by atoms with Crippen LogP contribution >= 0.6 is 0 Å². The highest BCUT2D eigenvalue weighted by molar-refractivity contribution is 5.62. The molecule has 2 N–H and O–H groups in total. The Morgan fingerprint density at radius 3 is 2.70 bits per heavy atom. The SMILES string of the molecule is CC(C)(C)c1cn2c(-c3cc(F)cc(NC4CNCC4F)n3)cnc2cn1. The van der Waals surface area contributed by atoms with Gasteiger partial charge in [-0.05, 0) is 0 Å². The lowest BCUT2D eigenvalue weighted by molar-refractivity contribution is 0.342. The number of halogens is 2. The Balaban J connectivity index is 1.74. The first-order valence-electron chi connectivity index (χ1n) is 8.94. The van der Waals surface area contributed by atoms with Gasteiger partial charge in [-0.25, -0.2) is 18.7 Å². The number of fused-ring (bicyclic) bond motifs is 1. The van der Waals surface area contributed by atoms with Crippen LogP contribution in [0.15, 0.2) is 30.7 Å². The highest BCUT2D eigenvalue weighted by Gasteiger charge is 2.27. The van der Waals surface area contributed by atoms with E-state index in [0.29, 0.717) is 29.4 Å². The molecule has 1 aliphatic rings. The zero-order valence-corrected chi connectivity index (χ0v) is 15.5. The molecule has 1 saturated heterocycles. The molecule has 27 heavy (non-hydrogen) atoms. The van der Waals surface area contributed by atoms with E-state index >= 15 is 0 Å². The summed E-state index contributed by atoms with van der Waals surface area (Å²) in [5, 5.41) is 5.95. The first-order valence-corrected chi connectivity index (χ1v) is 8.94. The zero-order chi connectivity index (χ0) is 19.2. The van der Waals surface area contributed by atoms with Gasteiger partial charge in [0.1, 0.15) is 17.8 Å². The summed E-state index contributed by atoms with van der Waals surface area (Å²) < 4.78 is 29.9. The second-order valence-electron chi connectivity index (χ2n) is 7.88. The van der Waals surface area contributed by atoms with Gasteiger partial charge in [-0.1, -0.05) is 20.8 Å². The summed E-state index contributed by atoms with van der Waals surface area (Å²) in [5.74, 6) is -0.134. The molecule has 2 atom stereocenters. The highest BCUT2D eigenvalue weighted by atomic mass is 19.1. The molecule has 0 saturated carbocycles. The van der Waals surface area contributed by atoms with Crippen LogP contribution in [0.1, 0.15) is 26.5 Å². The number of hydrogen-bond donors (Lipinski definition) is 2. The van der Waals surface area contributed by atoms with Gasteiger partial charge >= 0.3 is 0 Å². The van der Waals surface area contributed by atoms with E-state index in [2.05, 4.69) is 46.4 Å². The van der Waals surface area contributed by atoms with Crippen molar-refractivity contribution < 1.29 is 8.78 Å². The molecule has 0 aromatic carbocycles. The fraction of sp³-hybridized carbons (Fsp3) is 0.421. The van der Waals surface area contributed by atoms with Gasteiger partial charge in [0.05, 0.1) is 35.5 Å². The van der Waals surface area contributed by atoms with Crippen molar-refractivity contribution >= 4 is 11.5 Å². The molecular formula is C19H22F2N6. The number of nitrogens with one attached hydrogen (secondary N) is 2. The molecule has 4 rings (SSSR count). The lowest BCUT2D eigenvalue weighted by Gasteiger charge is -2.18. The second-order valence-corrected chi connectivity index (χ2v) is 7.88. The van der Waals surface area contributed by atoms with E-state index in [1.54, 1.807) is 12.4 Å². The van der Waals surface area contributed by atoms with E-state index in [9.17, 15) is 8.78 Å². The van der Waals surface area contributed by atoms with Crippen LogP contribution < -0.4 is 10.6 Å². The predicted octanol–water partition coefficient (Wildman–Crippen LogP) is 2.95. The van der Waals surface area contributed by atoms with Crippen LogP contribution in [-0.2, 0) is 5.41 Å². The summed E-state index contributed by atoms with van der Waals surface area (Å²) in [6, 6.07) is 2.21. The van der Waals surface area contributed by atoms with Crippen molar-refractivity contribution in [1.29, 1.82) is 0 Å². The number of hydrogen-bond acceptors (Lipinski definition) is 5. The third-order valence-corrected chi connectivity index (χ3v) is 4.69. The van der Waals surface area contributed by atoms with Gasteiger partial charge in [-0.15, -0.1) is 0 Å². The van der Waals surface area contributed by atoms with E-state index in [1.165, 1.54) is 12.1 Å². The minimum absolute atomic E-state index is 0.135. The fourth-order valence-corrected chi connectivity index (χ4v) is 3.15.